The average Bonchev–Trinajstić information content (AvgIpc) is 2.74. The van der Waals surface area contributed by atoms with E-state index in [1.165, 1.54) is 0 Å². The summed E-state index contributed by atoms with van der Waals surface area (Å²) in [5, 5.41) is 15.5. The summed E-state index contributed by atoms with van der Waals surface area (Å²) < 4.78 is 4.85. The lowest BCUT2D eigenvalue weighted by Crippen LogP contribution is -2.50. The maximum atomic E-state index is 11.8. The number of carbonyl (C=O) groups is 2. The van der Waals surface area contributed by atoms with Crippen molar-refractivity contribution in [2.75, 3.05) is 18.4 Å². The third kappa shape index (κ3) is 4.06. The molecule has 7 heteroatoms. The normalized spacial score (nSPS) is 11.7. The second-order valence-electron chi connectivity index (χ2n) is 5.06. The number of amides is 1. The van der Waals surface area contributed by atoms with Gasteiger partial charge in [-0.05, 0) is 27.3 Å². The molecule has 1 heterocycles. The molecule has 1 rings (SSSR count). The number of carboxylic acid groups (broad SMARTS) is 1. The van der Waals surface area contributed by atoms with Crippen molar-refractivity contribution in [3.8, 4) is 0 Å². The average molecular weight is 283 g/mol. The number of carboxylic acids is 1. The maximum Gasteiger partial charge on any atom is 0.323 e. The third-order valence-electron chi connectivity index (χ3n) is 3.20. The molecule has 0 fully saturated rings. The second kappa shape index (κ2) is 6.51. The van der Waals surface area contributed by atoms with E-state index in [0.29, 0.717) is 24.7 Å². The Hall–Kier alpha value is -1.89. The van der Waals surface area contributed by atoms with Crippen molar-refractivity contribution in [1.82, 2.24) is 10.1 Å². The minimum absolute atomic E-state index is 0.191. The molecule has 0 unspecified atom stereocenters. The molecule has 0 bridgehead atoms. The van der Waals surface area contributed by atoms with Crippen LogP contribution in [0.3, 0.4) is 0 Å². The predicted octanol–water partition coefficient (Wildman–Crippen LogP) is 1.50. The van der Waals surface area contributed by atoms with Gasteiger partial charge in [-0.3, -0.25) is 14.5 Å². The highest BCUT2D eigenvalue weighted by Crippen LogP contribution is 2.15. The minimum Gasteiger partial charge on any atom is -0.480 e. The molecule has 0 aliphatic heterocycles. The van der Waals surface area contributed by atoms with E-state index in [9.17, 15) is 14.7 Å². The van der Waals surface area contributed by atoms with Crippen LogP contribution in [0.2, 0.25) is 0 Å². The van der Waals surface area contributed by atoms with Crippen molar-refractivity contribution in [1.29, 1.82) is 0 Å². The molecule has 20 heavy (non-hydrogen) atoms. The molecule has 0 aromatic carbocycles. The summed E-state index contributed by atoms with van der Waals surface area (Å²) in [5.74, 6) is -0.152. The molecule has 1 amide bonds. The van der Waals surface area contributed by atoms with Crippen molar-refractivity contribution in [2.45, 2.75) is 39.7 Å². The molecule has 0 saturated carbocycles. The summed E-state index contributed by atoms with van der Waals surface area (Å²) in [4.78, 5) is 24.7. The summed E-state index contributed by atoms with van der Waals surface area (Å²) in [5.41, 5.74) is -1.00. The number of nitrogens with zero attached hydrogens (tertiary/aromatic N) is 2. The molecule has 0 aliphatic carbocycles. The molecule has 1 aromatic heterocycles. The van der Waals surface area contributed by atoms with Gasteiger partial charge in [0.05, 0.1) is 0 Å². The summed E-state index contributed by atoms with van der Waals surface area (Å²) in [7, 11) is 0. The number of rotatable bonds is 7. The van der Waals surface area contributed by atoms with E-state index in [1.54, 1.807) is 31.7 Å². The van der Waals surface area contributed by atoms with E-state index < -0.39 is 11.5 Å². The first kappa shape index (κ1) is 16.2. The Morgan fingerprint density at radius 3 is 2.60 bits per heavy atom. The van der Waals surface area contributed by atoms with E-state index >= 15 is 0 Å². The minimum atomic E-state index is -1.00. The Kier molecular flexibility index (Phi) is 5.26. The molecule has 2 N–H and O–H groups in total. The summed E-state index contributed by atoms with van der Waals surface area (Å²) in [6.07, 6.45) is 0.191. The van der Waals surface area contributed by atoms with Crippen molar-refractivity contribution in [2.24, 2.45) is 0 Å². The zero-order chi connectivity index (χ0) is 15.3. The smallest absolute Gasteiger partial charge is 0.323 e. The summed E-state index contributed by atoms with van der Waals surface area (Å²) in [6, 6.07) is 1.62. The number of likely N-dealkylation sites (N-methyl/N-ethyl adjacent to an activating group) is 1. The maximum absolute atomic E-state index is 11.8. The van der Waals surface area contributed by atoms with Crippen LogP contribution in [0, 0.1) is 6.92 Å². The monoisotopic (exact) mass is 283 g/mol. The van der Waals surface area contributed by atoms with Gasteiger partial charge < -0.3 is 14.9 Å². The molecular weight excluding hydrogens is 262 g/mol. The standard InChI is InChI=1S/C13H21N3O4/c1-5-16(13(3,4)12(18)19)7-6-11(17)14-10-8-9(2)20-15-10/h8H,5-7H2,1-4H3,(H,18,19)(H,14,15,17). The number of aryl methyl sites for hydroxylation is 1. The third-order valence-corrected chi connectivity index (χ3v) is 3.20. The fraction of sp³-hybridized carbons (Fsp3) is 0.615. The Morgan fingerprint density at radius 2 is 2.15 bits per heavy atom. The number of aliphatic carboxylic acids is 1. The number of nitrogens with one attached hydrogen (secondary N) is 1. The van der Waals surface area contributed by atoms with Gasteiger partial charge in [-0.2, -0.15) is 0 Å². The van der Waals surface area contributed by atoms with E-state index in [1.807, 2.05) is 6.92 Å². The number of hydrogen-bond acceptors (Lipinski definition) is 5. The lowest BCUT2D eigenvalue weighted by Gasteiger charge is -2.33. The number of carbonyl (C=O) groups excluding carboxylic acids is 1. The van der Waals surface area contributed by atoms with Crippen LogP contribution in [0.1, 0.15) is 33.0 Å². The topological polar surface area (TPSA) is 95.7 Å². The highest BCUT2D eigenvalue weighted by molar-refractivity contribution is 5.89. The van der Waals surface area contributed by atoms with E-state index in [0.717, 1.165) is 0 Å². The molecular formula is C13H21N3O4. The lowest BCUT2D eigenvalue weighted by atomic mass is 10.0. The summed E-state index contributed by atoms with van der Waals surface area (Å²) in [6.45, 7) is 7.75. The van der Waals surface area contributed by atoms with Crippen molar-refractivity contribution in [3.05, 3.63) is 11.8 Å². The van der Waals surface area contributed by atoms with E-state index in [4.69, 9.17) is 4.52 Å². The van der Waals surface area contributed by atoms with Crippen LogP contribution in [0.4, 0.5) is 5.82 Å². The van der Waals surface area contributed by atoms with Crippen LogP contribution in [0.15, 0.2) is 10.6 Å². The Morgan fingerprint density at radius 1 is 1.50 bits per heavy atom. The van der Waals surface area contributed by atoms with Crippen LogP contribution in [0.5, 0.6) is 0 Å². The molecule has 7 nitrogen and oxygen atoms in total. The van der Waals surface area contributed by atoms with Gasteiger partial charge >= 0.3 is 5.97 Å². The molecule has 0 aliphatic rings. The van der Waals surface area contributed by atoms with Gasteiger partial charge in [0.15, 0.2) is 5.82 Å². The number of aromatic nitrogens is 1. The Balaban J connectivity index is 2.52. The fourth-order valence-corrected chi connectivity index (χ4v) is 1.84. The molecule has 0 radical (unpaired) electrons. The van der Waals surface area contributed by atoms with Gasteiger partial charge in [0.1, 0.15) is 11.3 Å². The van der Waals surface area contributed by atoms with Gasteiger partial charge in [0.25, 0.3) is 0 Å². The van der Waals surface area contributed by atoms with Gasteiger partial charge in [0, 0.05) is 19.0 Å². The van der Waals surface area contributed by atoms with Gasteiger partial charge in [-0.15, -0.1) is 0 Å². The number of hydrogen-bond donors (Lipinski definition) is 2. The largest absolute Gasteiger partial charge is 0.480 e. The lowest BCUT2D eigenvalue weighted by molar-refractivity contribution is -0.149. The van der Waals surface area contributed by atoms with Crippen LogP contribution in [-0.2, 0) is 9.59 Å². The van der Waals surface area contributed by atoms with Crippen molar-refractivity contribution >= 4 is 17.7 Å². The van der Waals surface area contributed by atoms with Crippen LogP contribution in [0.25, 0.3) is 0 Å². The van der Waals surface area contributed by atoms with E-state index in [-0.39, 0.29) is 12.3 Å². The van der Waals surface area contributed by atoms with Crippen molar-refractivity contribution < 1.29 is 19.2 Å². The highest BCUT2D eigenvalue weighted by atomic mass is 16.5. The van der Waals surface area contributed by atoms with Gasteiger partial charge in [-0.25, -0.2) is 0 Å². The van der Waals surface area contributed by atoms with Gasteiger partial charge in [0.2, 0.25) is 5.91 Å². The zero-order valence-electron chi connectivity index (χ0n) is 12.3. The fourth-order valence-electron chi connectivity index (χ4n) is 1.84. The predicted molar refractivity (Wildman–Crippen MR) is 73.4 cm³/mol. The molecule has 1 aromatic rings. The Bertz CT molecular complexity index is 482. The molecule has 0 saturated heterocycles. The summed E-state index contributed by atoms with van der Waals surface area (Å²) >= 11 is 0. The number of anilines is 1. The molecule has 0 atom stereocenters. The van der Waals surface area contributed by atoms with Crippen molar-refractivity contribution in [3.63, 3.8) is 0 Å². The second-order valence-corrected chi connectivity index (χ2v) is 5.06. The SMILES string of the molecule is CCN(CCC(=O)Nc1cc(C)on1)C(C)(C)C(=O)O. The highest BCUT2D eigenvalue weighted by Gasteiger charge is 2.33. The first-order valence-electron chi connectivity index (χ1n) is 6.49. The van der Waals surface area contributed by atoms with Crippen LogP contribution in [-0.4, -0.2) is 45.7 Å². The first-order valence-corrected chi connectivity index (χ1v) is 6.49. The van der Waals surface area contributed by atoms with Crippen LogP contribution >= 0.6 is 0 Å². The van der Waals surface area contributed by atoms with Crippen LogP contribution < -0.4 is 5.32 Å². The first-order chi connectivity index (χ1) is 9.27. The molecule has 112 valence electrons. The van der Waals surface area contributed by atoms with E-state index in [2.05, 4.69) is 10.5 Å². The van der Waals surface area contributed by atoms with Gasteiger partial charge in [-0.1, -0.05) is 12.1 Å². The Labute approximate surface area is 117 Å². The molecule has 0 spiro atoms. The zero-order valence-corrected chi connectivity index (χ0v) is 12.3. The quantitative estimate of drug-likeness (QED) is 0.787.